The molecule has 0 aliphatic heterocycles. The normalized spacial score (nSPS) is 10.7. The number of allylic oxidation sites excluding steroid dienone is 1. The van der Waals surface area contributed by atoms with Crippen LogP contribution in [0.25, 0.3) is 0 Å². The Labute approximate surface area is 86.1 Å². The van der Waals surface area contributed by atoms with Crippen LogP contribution in [0.2, 0.25) is 0 Å². The summed E-state index contributed by atoms with van der Waals surface area (Å²) in [4.78, 5) is 11.0. The van der Waals surface area contributed by atoms with E-state index in [1.165, 1.54) is 0 Å². The summed E-state index contributed by atoms with van der Waals surface area (Å²) in [6.07, 6.45) is 6.95. The molecule has 0 fully saturated rings. The lowest BCUT2D eigenvalue weighted by Gasteiger charge is -2.03. The van der Waals surface area contributed by atoms with Gasteiger partial charge >= 0.3 is 5.97 Å². The summed E-state index contributed by atoms with van der Waals surface area (Å²) in [5.74, 6) is -0.292. The molecule has 0 saturated carbocycles. The largest absolute Gasteiger partial charge is 0.460 e. The highest BCUT2D eigenvalue weighted by molar-refractivity contribution is 5.70. The zero-order valence-electron chi connectivity index (χ0n) is 9.12. The van der Waals surface area contributed by atoms with Crippen molar-refractivity contribution >= 4 is 5.97 Å². The zero-order chi connectivity index (χ0) is 10.6. The van der Waals surface area contributed by atoms with E-state index in [4.69, 9.17) is 9.47 Å². The summed E-state index contributed by atoms with van der Waals surface area (Å²) in [5, 5.41) is 0. The van der Waals surface area contributed by atoms with Crippen molar-refractivity contribution in [3.63, 3.8) is 0 Å². The topological polar surface area (TPSA) is 35.5 Å². The fourth-order valence-electron chi connectivity index (χ4n) is 0.889. The monoisotopic (exact) mass is 200 g/mol. The van der Waals surface area contributed by atoms with Gasteiger partial charge in [0.25, 0.3) is 0 Å². The van der Waals surface area contributed by atoms with Crippen molar-refractivity contribution < 1.29 is 14.3 Å². The second-order valence-electron chi connectivity index (χ2n) is 3.01. The minimum absolute atomic E-state index is 0.0707. The first-order chi connectivity index (χ1) is 6.81. The number of esters is 1. The Bertz CT molecular complexity index is 164. The molecule has 0 spiro atoms. The highest BCUT2D eigenvalue weighted by Crippen LogP contribution is 1.94. The van der Waals surface area contributed by atoms with Crippen molar-refractivity contribution in [1.82, 2.24) is 0 Å². The molecule has 0 aromatic carbocycles. The van der Waals surface area contributed by atoms with Crippen molar-refractivity contribution in [2.24, 2.45) is 0 Å². The molecule has 3 heteroatoms. The predicted octanol–water partition coefficient (Wildman–Crippen LogP) is 2.31. The first-order valence-electron chi connectivity index (χ1n) is 5.15. The van der Waals surface area contributed by atoms with Crippen LogP contribution in [0, 0.1) is 0 Å². The standard InChI is InChI=1S/C11H20O3/c1-3-5-7-8-13-10-11(12)14-9-6-4-2/h4,6H,3,5,7-10H2,1-2H3. The van der Waals surface area contributed by atoms with Gasteiger partial charge in [0, 0.05) is 6.61 Å². The molecule has 0 radical (unpaired) electrons. The fourth-order valence-corrected chi connectivity index (χ4v) is 0.889. The van der Waals surface area contributed by atoms with Gasteiger partial charge in [-0.25, -0.2) is 4.79 Å². The van der Waals surface area contributed by atoms with Gasteiger partial charge in [-0.3, -0.25) is 0 Å². The molecule has 0 aliphatic rings. The maximum Gasteiger partial charge on any atom is 0.332 e. The number of rotatable bonds is 8. The Kier molecular flexibility index (Phi) is 9.64. The second kappa shape index (κ2) is 10.3. The number of carbonyl (C=O) groups excluding carboxylic acids is 1. The fraction of sp³-hybridized carbons (Fsp3) is 0.727. The van der Waals surface area contributed by atoms with Gasteiger partial charge in [0.1, 0.15) is 13.2 Å². The lowest BCUT2D eigenvalue weighted by Crippen LogP contribution is -2.13. The zero-order valence-corrected chi connectivity index (χ0v) is 9.12. The molecule has 0 unspecified atom stereocenters. The van der Waals surface area contributed by atoms with Gasteiger partial charge < -0.3 is 9.47 Å². The Morgan fingerprint density at radius 2 is 2.14 bits per heavy atom. The van der Waals surface area contributed by atoms with E-state index in [0.717, 1.165) is 19.3 Å². The summed E-state index contributed by atoms with van der Waals surface area (Å²) in [5.41, 5.74) is 0. The molecule has 0 heterocycles. The molecule has 82 valence electrons. The quantitative estimate of drug-likeness (QED) is 0.342. The molecule has 0 rings (SSSR count). The van der Waals surface area contributed by atoms with E-state index in [1.54, 1.807) is 6.08 Å². The Morgan fingerprint density at radius 1 is 1.36 bits per heavy atom. The van der Waals surface area contributed by atoms with Crippen LogP contribution in [0.4, 0.5) is 0 Å². The number of ether oxygens (including phenoxy) is 2. The van der Waals surface area contributed by atoms with E-state index in [0.29, 0.717) is 13.2 Å². The smallest absolute Gasteiger partial charge is 0.332 e. The van der Waals surface area contributed by atoms with Crippen LogP contribution in [0.1, 0.15) is 33.1 Å². The molecule has 0 saturated heterocycles. The summed E-state index contributed by atoms with van der Waals surface area (Å²) in [6.45, 7) is 5.07. The van der Waals surface area contributed by atoms with Crippen LogP contribution in [0.15, 0.2) is 12.2 Å². The molecule has 0 aromatic rings. The van der Waals surface area contributed by atoms with Crippen LogP contribution >= 0.6 is 0 Å². The minimum Gasteiger partial charge on any atom is -0.460 e. The van der Waals surface area contributed by atoms with E-state index >= 15 is 0 Å². The van der Waals surface area contributed by atoms with E-state index < -0.39 is 0 Å². The molecule has 0 N–H and O–H groups in total. The van der Waals surface area contributed by atoms with Gasteiger partial charge in [0.15, 0.2) is 0 Å². The van der Waals surface area contributed by atoms with E-state index in [-0.39, 0.29) is 12.6 Å². The predicted molar refractivity (Wildman–Crippen MR) is 56.1 cm³/mol. The summed E-state index contributed by atoms with van der Waals surface area (Å²) in [6, 6.07) is 0. The Hall–Kier alpha value is -0.830. The van der Waals surface area contributed by atoms with Gasteiger partial charge in [-0.05, 0) is 13.3 Å². The molecule has 0 amide bonds. The lowest BCUT2D eigenvalue weighted by molar-refractivity contribution is -0.147. The maximum absolute atomic E-state index is 11.0. The average molecular weight is 200 g/mol. The van der Waals surface area contributed by atoms with Crippen LogP contribution in [0.3, 0.4) is 0 Å². The summed E-state index contributed by atoms with van der Waals surface area (Å²) < 4.78 is 9.97. The second-order valence-corrected chi connectivity index (χ2v) is 3.01. The molecule has 3 nitrogen and oxygen atoms in total. The first kappa shape index (κ1) is 13.2. The molecule has 0 aliphatic carbocycles. The third kappa shape index (κ3) is 9.26. The first-order valence-corrected chi connectivity index (χ1v) is 5.15. The number of hydrogen-bond acceptors (Lipinski definition) is 3. The third-order valence-corrected chi connectivity index (χ3v) is 1.69. The van der Waals surface area contributed by atoms with Crippen LogP contribution in [-0.4, -0.2) is 25.8 Å². The highest BCUT2D eigenvalue weighted by Gasteiger charge is 2.00. The van der Waals surface area contributed by atoms with Gasteiger partial charge in [0.05, 0.1) is 0 Å². The molecule has 0 aromatic heterocycles. The molecule has 0 bridgehead atoms. The third-order valence-electron chi connectivity index (χ3n) is 1.69. The number of hydrogen-bond donors (Lipinski definition) is 0. The van der Waals surface area contributed by atoms with Crippen LogP contribution in [0.5, 0.6) is 0 Å². The number of unbranched alkanes of at least 4 members (excludes halogenated alkanes) is 2. The van der Waals surface area contributed by atoms with Gasteiger partial charge in [-0.1, -0.05) is 31.9 Å². The average Bonchev–Trinajstić information content (AvgIpc) is 2.18. The van der Waals surface area contributed by atoms with E-state index in [2.05, 4.69) is 6.92 Å². The minimum atomic E-state index is -0.292. The van der Waals surface area contributed by atoms with Gasteiger partial charge in [-0.2, -0.15) is 0 Å². The molecule has 0 atom stereocenters. The van der Waals surface area contributed by atoms with Gasteiger partial charge in [-0.15, -0.1) is 0 Å². The lowest BCUT2D eigenvalue weighted by atomic mass is 10.3. The van der Waals surface area contributed by atoms with Crippen molar-refractivity contribution in [2.45, 2.75) is 33.1 Å². The van der Waals surface area contributed by atoms with Crippen molar-refractivity contribution in [2.75, 3.05) is 19.8 Å². The van der Waals surface area contributed by atoms with Gasteiger partial charge in [0.2, 0.25) is 0 Å². The van der Waals surface area contributed by atoms with Crippen LogP contribution in [-0.2, 0) is 14.3 Å². The summed E-state index contributed by atoms with van der Waals surface area (Å²) >= 11 is 0. The molecular weight excluding hydrogens is 180 g/mol. The van der Waals surface area contributed by atoms with E-state index in [9.17, 15) is 4.79 Å². The maximum atomic E-state index is 11.0. The van der Waals surface area contributed by atoms with Crippen LogP contribution < -0.4 is 0 Å². The van der Waals surface area contributed by atoms with Crippen molar-refractivity contribution in [3.05, 3.63) is 12.2 Å². The molecule has 14 heavy (non-hydrogen) atoms. The Morgan fingerprint density at radius 3 is 2.79 bits per heavy atom. The Balaban J connectivity index is 3.18. The SMILES string of the molecule is CC=CCOC(=O)COCCCCC. The number of carbonyl (C=O) groups is 1. The van der Waals surface area contributed by atoms with Crippen molar-refractivity contribution in [3.8, 4) is 0 Å². The summed E-state index contributed by atoms with van der Waals surface area (Å²) in [7, 11) is 0. The van der Waals surface area contributed by atoms with Crippen molar-refractivity contribution in [1.29, 1.82) is 0 Å². The molecular formula is C11H20O3. The highest BCUT2D eigenvalue weighted by atomic mass is 16.6. The van der Waals surface area contributed by atoms with E-state index in [1.807, 2.05) is 13.0 Å².